The Hall–Kier alpha value is -1.64. The largest absolute Gasteiger partial charge is 0.395 e. The monoisotopic (exact) mass is 164 g/mol. The molecule has 1 rings (SSSR count). The van der Waals surface area contributed by atoms with E-state index in [0.29, 0.717) is 0 Å². The summed E-state index contributed by atoms with van der Waals surface area (Å²) in [6.07, 6.45) is 0.138. The zero-order valence-corrected chi connectivity index (χ0v) is 6.40. The fraction of sp³-hybridized carbons (Fsp3) is 0.111. The number of hydrogen-bond acceptors (Lipinski definition) is 3. The van der Waals surface area contributed by atoms with Gasteiger partial charge in [-0.3, -0.25) is 9.59 Å². The molecule has 0 amide bonds. The number of carbonyl (C=O) groups excluding carboxylic acids is 2. The van der Waals surface area contributed by atoms with E-state index in [4.69, 9.17) is 0 Å². The first-order valence-electron chi connectivity index (χ1n) is 3.50. The Kier molecular flexibility index (Phi) is 3.02. The van der Waals surface area contributed by atoms with E-state index in [0.717, 1.165) is 5.56 Å². The highest BCUT2D eigenvalue weighted by molar-refractivity contribution is 5.78. The van der Waals surface area contributed by atoms with Gasteiger partial charge in [-0.1, -0.05) is 30.3 Å². The third-order valence-corrected chi connectivity index (χ3v) is 1.37. The zero-order chi connectivity index (χ0) is 8.81. The van der Waals surface area contributed by atoms with Crippen LogP contribution in [0, 0.1) is 0 Å². The minimum Gasteiger partial charge on any atom is -0.395 e. The van der Waals surface area contributed by atoms with Gasteiger partial charge in [-0.15, -0.1) is 0 Å². The summed E-state index contributed by atoms with van der Waals surface area (Å²) in [5, 5.41) is 0. The summed E-state index contributed by atoms with van der Waals surface area (Å²) in [6, 6.07) is 9.10. The third kappa shape index (κ3) is 2.54. The van der Waals surface area contributed by atoms with Crippen LogP contribution in [0.4, 0.5) is 0 Å². The summed E-state index contributed by atoms with van der Waals surface area (Å²) >= 11 is 0. The summed E-state index contributed by atoms with van der Waals surface area (Å²) < 4.78 is 4.13. The fourth-order valence-corrected chi connectivity index (χ4v) is 0.858. The smallest absolute Gasteiger partial charge is 0.317 e. The molecule has 0 N–H and O–H groups in total. The van der Waals surface area contributed by atoms with Crippen LogP contribution in [0.25, 0.3) is 0 Å². The van der Waals surface area contributed by atoms with Gasteiger partial charge in [0, 0.05) is 0 Å². The van der Waals surface area contributed by atoms with Crippen molar-refractivity contribution < 1.29 is 14.3 Å². The molecule has 0 aliphatic heterocycles. The van der Waals surface area contributed by atoms with Gasteiger partial charge in [0.25, 0.3) is 0 Å². The molecule has 3 nitrogen and oxygen atoms in total. The maximum Gasteiger partial charge on any atom is 0.317 e. The minimum absolute atomic E-state index is 0.138. The van der Waals surface area contributed by atoms with E-state index in [2.05, 4.69) is 4.74 Å². The molecule has 0 atom stereocenters. The molecule has 0 spiro atoms. The maximum absolute atomic E-state index is 10.8. The molecule has 0 aromatic heterocycles. The van der Waals surface area contributed by atoms with Gasteiger partial charge in [0.2, 0.25) is 0 Å². The summed E-state index contributed by atoms with van der Waals surface area (Å²) in [4.78, 5) is 20.5. The van der Waals surface area contributed by atoms with Gasteiger partial charge in [-0.05, 0) is 5.56 Å². The van der Waals surface area contributed by atoms with E-state index in [1.165, 1.54) is 0 Å². The van der Waals surface area contributed by atoms with Gasteiger partial charge in [0.05, 0.1) is 6.42 Å². The van der Waals surface area contributed by atoms with Gasteiger partial charge in [0.15, 0.2) is 0 Å². The van der Waals surface area contributed by atoms with Crippen LogP contribution in [0.3, 0.4) is 0 Å². The predicted molar refractivity (Wildman–Crippen MR) is 42.3 cm³/mol. The summed E-state index contributed by atoms with van der Waals surface area (Å²) in [5.74, 6) is -0.531. The Morgan fingerprint density at radius 2 is 2.00 bits per heavy atom. The Bertz CT molecular complexity index is 266. The minimum atomic E-state index is -0.531. The van der Waals surface area contributed by atoms with Gasteiger partial charge >= 0.3 is 12.4 Å². The molecule has 0 aliphatic carbocycles. The molecule has 62 valence electrons. The van der Waals surface area contributed by atoms with Crippen molar-refractivity contribution in [2.45, 2.75) is 6.42 Å². The highest BCUT2D eigenvalue weighted by atomic mass is 16.6. The lowest BCUT2D eigenvalue weighted by atomic mass is 10.2. The summed E-state index contributed by atoms with van der Waals surface area (Å²) in [7, 11) is 0. The predicted octanol–water partition coefficient (Wildman–Crippen LogP) is 0.929. The number of carbonyl (C=O) groups is 2. The van der Waals surface area contributed by atoms with Crippen molar-refractivity contribution in [3.63, 3.8) is 0 Å². The number of esters is 1. The SMILES string of the molecule is O=COC(=O)Cc1ccccc1. The molecule has 12 heavy (non-hydrogen) atoms. The Morgan fingerprint density at radius 3 is 2.58 bits per heavy atom. The third-order valence-electron chi connectivity index (χ3n) is 1.37. The van der Waals surface area contributed by atoms with Gasteiger partial charge in [0.1, 0.15) is 0 Å². The molecule has 0 aliphatic rings. The van der Waals surface area contributed by atoms with Crippen LogP contribution < -0.4 is 0 Å². The number of benzene rings is 1. The van der Waals surface area contributed by atoms with Crippen molar-refractivity contribution in [1.82, 2.24) is 0 Å². The maximum atomic E-state index is 10.8. The quantitative estimate of drug-likeness (QED) is 0.379. The molecule has 3 heteroatoms. The normalized spacial score (nSPS) is 9.00. The average Bonchev–Trinajstić information content (AvgIpc) is 2.06. The summed E-state index contributed by atoms with van der Waals surface area (Å²) in [6.45, 7) is 0.144. The number of ether oxygens (including phenoxy) is 1. The first-order valence-corrected chi connectivity index (χ1v) is 3.50. The molecule has 0 fully saturated rings. The second-order valence-corrected chi connectivity index (χ2v) is 2.25. The molecule has 1 aromatic rings. The molecule has 0 heterocycles. The lowest BCUT2D eigenvalue weighted by Gasteiger charge is -1.96. The van der Waals surface area contributed by atoms with Crippen LogP contribution >= 0.6 is 0 Å². The van der Waals surface area contributed by atoms with E-state index < -0.39 is 5.97 Å². The Labute approximate surface area is 70.0 Å². The first kappa shape index (κ1) is 8.46. The van der Waals surface area contributed by atoms with E-state index in [-0.39, 0.29) is 12.9 Å². The number of hydrogen-bond donors (Lipinski definition) is 0. The second-order valence-electron chi connectivity index (χ2n) is 2.25. The summed E-state index contributed by atoms with van der Waals surface area (Å²) in [5.41, 5.74) is 0.837. The molecule has 0 saturated carbocycles. The lowest BCUT2D eigenvalue weighted by molar-refractivity contribution is -0.150. The van der Waals surface area contributed by atoms with E-state index >= 15 is 0 Å². The van der Waals surface area contributed by atoms with Crippen LogP contribution in [0.15, 0.2) is 30.3 Å². The van der Waals surface area contributed by atoms with Crippen LogP contribution in [0.5, 0.6) is 0 Å². The fourth-order valence-electron chi connectivity index (χ4n) is 0.858. The van der Waals surface area contributed by atoms with Crippen LogP contribution in [0.2, 0.25) is 0 Å². The van der Waals surface area contributed by atoms with Crippen LogP contribution in [-0.4, -0.2) is 12.4 Å². The van der Waals surface area contributed by atoms with E-state index in [1.54, 1.807) is 12.1 Å². The Morgan fingerprint density at radius 1 is 1.33 bits per heavy atom. The molecular weight excluding hydrogens is 156 g/mol. The van der Waals surface area contributed by atoms with Gasteiger partial charge in [-0.2, -0.15) is 0 Å². The molecule has 0 saturated heterocycles. The lowest BCUT2D eigenvalue weighted by Crippen LogP contribution is -2.05. The van der Waals surface area contributed by atoms with Crippen LogP contribution in [-0.2, 0) is 20.7 Å². The average molecular weight is 164 g/mol. The highest BCUT2D eigenvalue weighted by Crippen LogP contribution is 1.99. The van der Waals surface area contributed by atoms with E-state index in [1.807, 2.05) is 18.2 Å². The number of rotatable bonds is 3. The van der Waals surface area contributed by atoms with E-state index in [9.17, 15) is 9.59 Å². The topological polar surface area (TPSA) is 43.4 Å². The van der Waals surface area contributed by atoms with Crippen molar-refractivity contribution in [3.05, 3.63) is 35.9 Å². The van der Waals surface area contributed by atoms with Gasteiger partial charge < -0.3 is 4.74 Å². The first-order chi connectivity index (χ1) is 5.83. The standard InChI is InChI=1S/C9H8O3/c10-7-12-9(11)6-8-4-2-1-3-5-8/h1-5,7H,6H2. The molecule has 0 bridgehead atoms. The van der Waals surface area contributed by atoms with Crippen molar-refractivity contribution in [1.29, 1.82) is 0 Å². The molecular formula is C9H8O3. The van der Waals surface area contributed by atoms with Crippen molar-refractivity contribution in [3.8, 4) is 0 Å². The van der Waals surface area contributed by atoms with Crippen molar-refractivity contribution in [2.75, 3.05) is 0 Å². The zero-order valence-electron chi connectivity index (χ0n) is 6.40. The van der Waals surface area contributed by atoms with Gasteiger partial charge in [-0.25, -0.2) is 0 Å². The molecule has 0 radical (unpaired) electrons. The molecule has 0 unspecified atom stereocenters. The van der Waals surface area contributed by atoms with Crippen molar-refractivity contribution in [2.24, 2.45) is 0 Å². The Balaban J connectivity index is 2.52. The van der Waals surface area contributed by atoms with Crippen LogP contribution in [0.1, 0.15) is 5.56 Å². The highest BCUT2D eigenvalue weighted by Gasteiger charge is 2.02. The second kappa shape index (κ2) is 4.28. The van der Waals surface area contributed by atoms with Crippen molar-refractivity contribution >= 4 is 12.4 Å². The molecule has 1 aromatic carbocycles.